The van der Waals surface area contributed by atoms with Crippen LogP contribution in [0.4, 0.5) is 0 Å². The summed E-state index contributed by atoms with van der Waals surface area (Å²) in [6.07, 6.45) is 8.01. The van der Waals surface area contributed by atoms with Crippen molar-refractivity contribution in [2.45, 2.75) is 20.0 Å². The van der Waals surface area contributed by atoms with Crippen LogP contribution in [0, 0.1) is 5.41 Å². The third-order valence-corrected chi connectivity index (χ3v) is 2.66. The predicted molar refractivity (Wildman–Crippen MR) is 67.6 cm³/mol. The summed E-state index contributed by atoms with van der Waals surface area (Å²) in [5.74, 6) is 0.673. The standard InChI is InChI=1S/C12H16N4O/c1-8-4-5-11-14-6-10(16(11)7-8)12(13)15-9(2)17-3/h4-7,11,13-14H,1-3H3. The van der Waals surface area contributed by atoms with Gasteiger partial charge in [0.1, 0.15) is 11.9 Å². The average Bonchev–Trinajstić information content (AvgIpc) is 2.71. The van der Waals surface area contributed by atoms with Crippen LogP contribution >= 0.6 is 0 Å². The maximum atomic E-state index is 7.94. The largest absolute Gasteiger partial charge is 0.484 e. The maximum absolute atomic E-state index is 7.94. The highest BCUT2D eigenvalue weighted by Crippen LogP contribution is 2.22. The average molecular weight is 232 g/mol. The normalized spacial score (nSPS) is 22.6. The molecule has 5 heteroatoms. The molecule has 0 fully saturated rings. The third-order valence-electron chi connectivity index (χ3n) is 2.66. The van der Waals surface area contributed by atoms with Gasteiger partial charge in [0.2, 0.25) is 0 Å². The summed E-state index contributed by atoms with van der Waals surface area (Å²) in [5, 5.41) is 11.1. The molecule has 0 aliphatic carbocycles. The molecule has 2 N–H and O–H groups in total. The fourth-order valence-corrected chi connectivity index (χ4v) is 1.72. The summed E-state index contributed by atoms with van der Waals surface area (Å²) in [6.45, 7) is 3.75. The Kier molecular flexibility index (Phi) is 2.99. The molecule has 0 spiro atoms. The number of methoxy groups -OCH3 is 1. The van der Waals surface area contributed by atoms with Crippen LogP contribution in [0.3, 0.4) is 0 Å². The Morgan fingerprint density at radius 2 is 2.35 bits per heavy atom. The number of allylic oxidation sites excluding steroid dienone is 2. The zero-order valence-corrected chi connectivity index (χ0v) is 10.2. The van der Waals surface area contributed by atoms with Crippen LogP contribution in [0.2, 0.25) is 0 Å². The Bertz CT molecular complexity index is 459. The number of aliphatic imine (C=N–C) groups is 1. The van der Waals surface area contributed by atoms with Crippen LogP contribution in [0.15, 0.2) is 40.8 Å². The molecular formula is C12H16N4O. The van der Waals surface area contributed by atoms with Crippen molar-refractivity contribution in [3.8, 4) is 0 Å². The van der Waals surface area contributed by atoms with Gasteiger partial charge in [-0.15, -0.1) is 0 Å². The Morgan fingerprint density at radius 1 is 1.59 bits per heavy atom. The summed E-state index contributed by atoms with van der Waals surface area (Å²) in [6, 6.07) is 0. The number of ether oxygens (including phenoxy) is 1. The second kappa shape index (κ2) is 4.45. The van der Waals surface area contributed by atoms with Crippen LogP contribution in [0.5, 0.6) is 0 Å². The van der Waals surface area contributed by atoms with Gasteiger partial charge in [0.25, 0.3) is 0 Å². The molecule has 2 heterocycles. The Labute approximate surface area is 101 Å². The molecule has 5 nitrogen and oxygen atoms in total. The second-order valence-corrected chi connectivity index (χ2v) is 3.96. The van der Waals surface area contributed by atoms with Crippen LogP contribution in [0.1, 0.15) is 13.8 Å². The van der Waals surface area contributed by atoms with Gasteiger partial charge in [-0.25, -0.2) is 0 Å². The fraction of sp³-hybridized carbons (Fsp3) is 0.333. The monoisotopic (exact) mass is 232 g/mol. The van der Waals surface area contributed by atoms with E-state index < -0.39 is 0 Å². The van der Waals surface area contributed by atoms with Gasteiger partial charge in [0.15, 0.2) is 11.7 Å². The number of amidine groups is 1. The Hall–Kier alpha value is -2.04. The zero-order chi connectivity index (χ0) is 12.4. The topological polar surface area (TPSA) is 60.7 Å². The van der Waals surface area contributed by atoms with Crippen molar-refractivity contribution >= 4 is 11.7 Å². The van der Waals surface area contributed by atoms with Crippen LogP contribution < -0.4 is 5.32 Å². The number of rotatable bonds is 1. The molecule has 0 aromatic heterocycles. The smallest absolute Gasteiger partial charge is 0.186 e. The molecule has 2 rings (SSSR count). The molecule has 1 atom stereocenters. The van der Waals surface area contributed by atoms with E-state index in [1.165, 1.54) is 0 Å². The van der Waals surface area contributed by atoms with Crippen molar-refractivity contribution in [2.75, 3.05) is 7.11 Å². The number of hydrogen-bond acceptors (Lipinski definition) is 4. The van der Waals surface area contributed by atoms with E-state index in [0.717, 1.165) is 11.3 Å². The molecule has 0 saturated heterocycles. The summed E-state index contributed by atoms with van der Waals surface area (Å²) in [5.41, 5.74) is 1.89. The number of nitrogens with zero attached hydrogens (tertiary/aromatic N) is 2. The quantitative estimate of drug-likeness (QED) is 0.533. The number of nitrogens with one attached hydrogen (secondary N) is 2. The fourth-order valence-electron chi connectivity index (χ4n) is 1.72. The van der Waals surface area contributed by atoms with Crippen LogP contribution in [-0.2, 0) is 4.74 Å². The first kappa shape index (κ1) is 11.4. The van der Waals surface area contributed by atoms with E-state index in [0.29, 0.717) is 5.90 Å². The van der Waals surface area contributed by atoms with E-state index in [4.69, 9.17) is 10.1 Å². The van der Waals surface area contributed by atoms with Gasteiger partial charge >= 0.3 is 0 Å². The zero-order valence-electron chi connectivity index (χ0n) is 10.2. The summed E-state index contributed by atoms with van der Waals surface area (Å²) < 4.78 is 4.95. The van der Waals surface area contributed by atoms with Crippen molar-refractivity contribution in [1.82, 2.24) is 10.2 Å². The van der Waals surface area contributed by atoms with E-state index in [2.05, 4.69) is 22.5 Å². The number of fused-ring (bicyclic) bond motifs is 1. The first-order valence-corrected chi connectivity index (χ1v) is 5.41. The first-order valence-electron chi connectivity index (χ1n) is 5.41. The van der Waals surface area contributed by atoms with Crippen molar-refractivity contribution < 1.29 is 4.74 Å². The molecule has 0 bridgehead atoms. The maximum Gasteiger partial charge on any atom is 0.186 e. The first-order chi connectivity index (χ1) is 8.11. The second-order valence-electron chi connectivity index (χ2n) is 3.96. The Balaban J connectivity index is 2.19. The predicted octanol–water partition coefficient (Wildman–Crippen LogP) is 1.57. The van der Waals surface area contributed by atoms with Crippen molar-refractivity contribution in [3.63, 3.8) is 0 Å². The van der Waals surface area contributed by atoms with Crippen LogP contribution in [-0.4, -0.2) is 29.9 Å². The highest BCUT2D eigenvalue weighted by atomic mass is 16.5. The van der Waals surface area contributed by atoms with E-state index in [9.17, 15) is 0 Å². The minimum Gasteiger partial charge on any atom is -0.484 e. The lowest BCUT2D eigenvalue weighted by atomic mass is 10.2. The minimum atomic E-state index is 0.0899. The molecule has 2 aliphatic heterocycles. The summed E-state index contributed by atoms with van der Waals surface area (Å²) in [4.78, 5) is 6.06. The molecule has 0 amide bonds. The van der Waals surface area contributed by atoms with Gasteiger partial charge in [0.05, 0.1) is 7.11 Å². The molecule has 17 heavy (non-hydrogen) atoms. The summed E-state index contributed by atoms with van der Waals surface area (Å²) in [7, 11) is 1.55. The lowest BCUT2D eigenvalue weighted by Crippen LogP contribution is -2.34. The van der Waals surface area contributed by atoms with Gasteiger partial charge in [-0.2, -0.15) is 4.99 Å². The van der Waals surface area contributed by atoms with Gasteiger partial charge < -0.3 is 15.0 Å². The van der Waals surface area contributed by atoms with Crippen molar-refractivity contribution in [1.29, 1.82) is 5.41 Å². The molecular weight excluding hydrogens is 216 g/mol. The lowest BCUT2D eigenvalue weighted by Gasteiger charge is -2.26. The molecule has 1 unspecified atom stereocenters. The molecule has 0 aromatic carbocycles. The number of hydrogen-bond donors (Lipinski definition) is 2. The van der Waals surface area contributed by atoms with E-state index in [1.54, 1.807) is 20.2 Å². The highest BCUT2D eigenvalue weighted by molar-refractivity contribution is 6.02. The molecule has 2 aliphatic rings. The van der Waals surface area contributed by atoms with Crippen molar-refractivity contribution in [3.05, 3.63) is 35.8 Å². The Morgan fingerprint density at radius 3 is 3.06 bits per heavy atom. The van der Waals surface area contributed by atoms with Gasteiger partial charge in [-0.1, -0.05) is 6.08 Å². The lowest BCUT2D eigenvalue weighted by molar-refractivity contribution is 0.398. The van der Waals surface area contributed by atoms with E-state index in [-0.39, 0.29) is 12.0 Å². The molecule has 90 valence electrons. The SMILES string of the molecule is COC(C)=NC(=N)C1=CNC2C=CC(C)=CN12. The molecule has 0 saturated carbocycles. The van der Waals surface area contributed by atoms with E-state index in [1.807, 2.05) is 18.0 Å². The van der Waals surface area contributed by atoms with Crippen molar-refractivity contribution in [2.24, 2.45) is 4.99 Å². The summed E-state index contributed by atoms with van der Waals surface area (Å²) >= 11 is 0. The minimum absolute atomic E-state index is 0.0899. The molecule has 0 radical (unpaired) electrons. The van der Waals surface area contributed by atoms with E-state index >= 15 is 0 Å². The van der Waals surface area contributed by atoms with Crippen LogP contribution in [0.25, 0.3) is 0 Å². The third kappa shape index (κ3) is 2.22. The molecule has 0 aromatic rings. The van der Waals surface area contributed by atoms with Gasteiger partial charge in [0, 0.05) is 19.3 Å². The van der Waals surface area contributed by atoms with Gasteiger partial charge in [-0.3, -0.25) is 5.41 Å². The highest BCUT2D eigenvalue weighted by Gasteiger charge is 2.26. The van der Waals surface area contributed by atoms with Gasteiger partial charge in [-0.05, 0) is 18.6 Å².